The van der Waals surface area contributed by atoms with Gasteiger partial charge in [0.05, 0.1) is 0 Å². The molecule has 0 saturated carbocycles. The predicted octanol–water partition coefficient (Wildman–Crippen LogP) is 4.33. The summed E-state index contributed by atoms with van der Waals surface area (Å²) in [6.07, 6.45) is -1.37. The lowest BCUT2D eigenvalue weighted by atomic mass is 10.0. The lowest BCUT2D eigenvalue weighted by Gasteiger charge is -2.20. The molecular formula is C14H18ClF4NO. The molecule has 1 atom stereocenters. The molecule has 0 aliphatic carbocycles. The van der Waals surface area contributed by atoms with Crippen LogP contribution in [-0.4, -0.2) is 26.2 Å². The average Bonchev–Trinajstić information content (AvgIpc) is 2.42. The fourth-order valence-electron chi connectivity index (χ4n) is 1.86. The van der Waals surface area contributed by atoms with E-state index in [0.29, 0.717) is 18.5 Å². The van der Waals surface area contributed by atoms with Crippen LogP contribution in [0.25, 0.3) is 0 Å². The number of hydrogen-bond acceptors (Lipinski definition) is 2. The Kier molecular flexibility index (Phi) is 8.00. The zero-order chi connectivity index (χ0) is 15.8. The van der Waals surface area contributed by atoms with Crippen LogP contribution >= 0.6 is 11.6 Å². The first-order valence-electron chi connectivity index (χ1n) is 6.69. The summed E-state index contributed by atoms with van der Waals surface area (Å²) in [7, 11) is 0. The smallest absolute Gasteiger partial charge is 0.261 e. The highest BCUT2D eigenvalue weighted by atomic mass is 35.5. The molecule has 1 aromatic carbocycles. The molecule has 0 saturated heterocycles. The van der Waals surface area contributed by atoms with E-state index in [1.165, 1.54) is 0 Å². The predicted molar refractivity (Wildman–Crippen MR) is 73.8 cm³/mol. The van der Waals surface area contributed by atoms with Crippen LogP contribution in [0.4, 0.5) is 17.6 Å². The maximum absolute atomic E-state index is 13.3. The minimum absolute atomic E-state index is 0.0705. The first kappa shape index (κ1) is 18.2. The Bertz CT molecular complexity index is 445. The van der Waals surface area contributed by atoms with E-state index in [1.807, 2.05) is 6.92 Å². The summed E-state index contributed by atoms with van der Waals surface area (Å²) in [4.78, 5) is 0. The quantitative estimate of drug-likeness (QED) is 0.414. The van der Waals surface area contributed by atoms with E-state index in [2.05, 4.69) is 5.32 Å². The van der Waals surface area contributed by atoms with Crippen molar-refractivity contribution in [2.75, 3.05) is 19.8 Å². The molecule has 0 amide bonds. The Balaban J connectivity index is 2.74. The molecule has 0 aliphatic rings. The maximum atomic E-state index is 13.3. The number of rotatable bonds is 9. The lowest BCUT2D eigenvalue weighted by molar-refractivity contribution is 0.0143. The van der Waals surface area contributed by atoms with Crippen LogP contribution in [-0.2, 0) is 4.74 Å². The number of alkyl halides is 2. The molecule has 120 valence electrons. The number of halogens is 5. The third-order valence-corrected chi connectivity index (χ3v) is 3.18. The van der Waals surface area contributed by atoms with E-state index in [0.717, 1.165) is 18.6 Å². The van der Waals surface area contributed by atoms with Gasteiger partial charge in [-0.3, -0.25) is 0 Å². The van der Waals surface area contributed by atoms with E-state index >= 15 is 0 Å². The van der Waals surface area contributed by atoms with Gasteiger partial charge in [0.15, 0.2) is 11.6 Å². The Morgan fingerprint density at radius 3 is 2.52 bits per heavy atom. The van der Waals surface area contributed by atoms with E-state index in [9.17, 15) is 17.6 Å². The van der Waals surface area contributed by atoms with Crippen LogP contribution in [0.3, 0.4) is 0 Å². The third-order valence-electron chi connectivity index (χ3n) is 2.85. The zero-order valence-electron chi connectivity index (χ0n) is 11.6. The van der Waals surface area contributed by atoms with Crippen molar-refractivity contribution >= 4 is 11.6 Å². The van der Waals surface area contributed by atoms with E-state index in [4.69, 9.17) is 16.3 Å². The van der Waals surface area contributed by atoms with Crippen LogP contribution in [0.15, 0.2) is 12.1 Å². The fraction of sp³-hybridized carbons (Fsp3) is 0.571. The van der Waals surface area contributed by atoms with Crippen molar-refractivity contribution < 1.29 is 22.3 Å². The first-order chi connectivity index (χ1) is 9.95. The first-order valence-corrected chi connectivity index (χ1v) is 7.07. The molecule has 0 heterocycles. The largest absolute Gasteiger partial charge is 0.375 e. The monoisotopic (exact) mass is 327 g/mol. The lowest BCUT2D eigenvalue weighted by Crippen LogP contribution is -2.24. The average molecular weight is 328 g/mol. The van der Waals surface area contributed by atoms with Gasteiger partial charge in [-0.25, -0.2) is 17.6 Å². The summed E-state index contributed by atoms with van der Waals surface area (Å²) in [5.41, 5.74) is 0.393. The Labute approximate surface area is 126 Å². The zero-order valence-corrected chi connectivity index (χ0v) is 12.4. The third kappa shape index (κ3) is 6.20. The van der Waals surface area contributed by atoms with Crippen molar-refractivity contribution in [2.24, 2.45) is 0 Å². The minimum atomic E-state index is -2.53. The van der Waals surface area contributed by atoms with Crippen molar-refractivity contribution in [2.45, 2.75) is 32.2 Å². The van der Waals surface area contributed by atoms with Gasteiger partial charge >= 0.3 is 0 Å². The van der Waals surface area contributed by atoms with Crippen LogP contribution in [0.1, 0.15) is 31.4 Å². The van der Waals surface area contributed by atoms with Gasteiger partial charge in [-0.15, -0.1) is 0 Å². The molecule has 0 bridgehead atoms. The van der Waals surface area contributed by atoms with E-state index in [-0.39, 0.29) is 17.7 Å². The van der Waals surface area contributed by atoms with Crippen molar-refractivity contribution in [3.63, 3.8) is 0 Å². The Morgan fingerprint density at radius 2 is 1.90 bits per heavy atom. The SMILES string of the molecule is CCCNC(CCOCC(F)F)c1cc(F)c(F)cc1Cl. The standard InChI is InChI=1S/C14H18ClF4NO/c1-2-4-20-13(3-5-21-8-14(18)19)9-6-11(16)12(17)7-10(9)15/h6-7,13-14,20H,2-5,8H2,1H3. The van der Waals surface area contributed by atoms with Gasteiger partial charge in [-0.1, -0.05) is 18.5 Å². The molecule has 0 aromatic heterocycles. The van der Waals surface area contributed by atoms with Gasteiger partial charge in [0.25, 0.3) is 6.43 Å². The van der Waals surface area contributed by atoms with Gasteiger partial charge in [0.2, 0.25) is 0 Å². The van der Waals surface area contributed by atoms with Crippen LogP contribution in [0.2, 0.25) is 5.02 Å². The molecule has 0 aliphatic heterocycles. The molecule has 1 rings (SSSR count). The molecule has 1 aromatic rings. The molecule has 0 fully saturated rings. The van der Waals surface area contributed by atoms with Crippen molar-refractivity contribution in [3.05, 3.63) is 34.4 Å². The molecule has 0 spiro atoms. The molecular weight excluding hydrogens is 310 g/mol. The topological polar surface area (TPSA) is 21.3 Å². The van der Waals surface area contributed by atoms with E-state index < -0.39 is 24.7 Å². The van der Waals surface area contributed by atoms with Gasteiger partial charge in [-0.05, 0) is 37.1 Å². The second kappa shape index (κ2) is 9.23. The van der Waals surface area contributed by atoms with Crippen LogP contribution in [0.5, 0.6) is 0 Å². The maximum Gasteiger partial charge on any atom is 0.261 e. The highest BCUT2D eigenvalue weighted by Crippen LogP contribution is 2.28. The summed E-state index contributed by atoms with van der Waals surface area (Å²) < 4.78 is 55.2. The number of benzene rings is 1. The van der Waals surface area contributed by atoms with Crippen molar-refractivity contribution in [1.82, 2.24) is 5.32 Å². The molecule has 2 nitrogen and oxygen atoms in total. The number of ether oxygens (including phenoxy) is 1. The van der Waals surface area contributed by atoms with Gasteiger partial charge in [0.1, 0.15) is 6.61 Å². The molecule has 1 unspecified atom stereocenters. The minimum Gasteiger partial charge on any atom is -0.375 e. The summed E-state index contributed by atoms with van der Waals surface area (Å²) in [5.74, 6) is -2.02. The molecule has 7 heteroatoms. The van der Waals surface area contributed by atoms with Gasteiger partial charge < -0.3 is 10.1 Å². The highest BCUT2D eigenvalue weighted by molar-refractivity contribution is 6.31. The normalized spacial score (nSPS) is 12.9. The number of nitrogens with one attached hydrogen (secondary N) is 1. The summed E-state index contributed by atoms with van der Waals surface area (Å²) in [5, 5.41) is 3.21. The molecule has 1 N–H and O–H groups in total. The second-order valence-corrected chi connectivity index (χ2v) is 4.96. The number of hydrogen-bond donors (Lipinski definition) is 1. The second-order valence-electron chi connectivity index (χ2n) is 4.55. The summed E-state index contributed by atoms with van der Waals surface area (Å²) in [6, 6.07) is 1.55. The summed E-state index contributed by atoms with van der Waals surface area (Å²) in [6.45, 7) is 2.01. The molecule has 0 radical (unpaired) electrons. The van der Waals surface area contributed by atoms with Crippen molar-refractivity contribution in [3.8, 4) is 0 Å². The summed E-state index contributed by atoms with van der Waals surface area (Å²) >= 11 is 5.93. The van der Waals surface area contributed by atoms with Crippen LogP contribution < -0.4 is 5.32 Å². The van der Waals surface area contributed by atoms with E-state index in [1.54, 1.807) is 0 Å². The van der Waals surface area contributed by atoms with Gasteiger partial charge in [0, 0.05) is 17.7 Å². The van der Waals surface area contributed by atoms with Crippen molar-refractivity contribution in [1.29, 1.82) is 0 Å². The van der Waals surface area contributed by atoms with Crippen LogP contribution in [0, 0.1) is 11.6 Å². The Morgan fingerprint density at radius 1 is 1.24 bits per heavy atom. The molecule has 21 heavy (non-hydrogen) atoms. The van der Waals surface area contributed by atoms with Gasteiger partial charge in [-0.2, -0.15) is 0 Å². The Hall–Kier alpha value is -0.850. The fourth-order valence-corrected chi connectivity index (χ4v) is 2.15. The highest BCUT2D eigenvalue weighted by Gasteiger charge is 2.17.